The first-order chi connectivity index (χ1) is 9.35. The van der Waals surface area contributed by atoms with Gasteiger partial charge in [0.25, 0.3) is 0 Å². The first-order valence-corrected chi connectivity index (χ1v) is 7.31. The maximum absolute atomic E-state index is 5.56. The van der Waals surface area contributed by atoms with E-state index in [2.05, 4.69) is 27.1 Å². The molecule has 2 aliphatic rings. The number of hydrogen-bond donors (Lipinski definition) is 1. The molecule has 1 aromatic rings. The Morgan fingerprint density at radius 1 is 1.32 bits per heavy atom. The third-order valence-corrected chi connectivity index (χ3v) is 3.90. The fourth-order valence-corrected chi connectivity index (χ4v) is 2.92. The van der Waals surface area contributed by atoms with E-state index in [1.165, 1.54) is 19.3 Å². The number of ether oxygens (including phenoxy) is 1. The Hall–Kier alpha value is -1.36. The SMILES string of the molecule is CCCOc1cncc(N2CCC3CCC(C2)N3)n1. The maximum Gasteiger partial charge on any atom is 0.234 e. The lowest BCUT2D eigenvalue weighted by Crippen LogP contribution is -2.35. The van der Waals surface area contributed by atoms with E-state index in [0.29, 0.717) is 24.6 Å². The Bertz CT molecular complexity index is 426. The van der Waals surface area contributed by atoms with Gasteiger partial charge in [-0.2, -0.15) is 4.98 Å². The molecule has 2 bridgehead atoms. The van der Waals surface area contributed by atoms with Crippen molar-refractivity contribution in [2.45, 2.75) is 44.7 Å². The number of aromatic nitrogens is 2. The molecule has 2 unspecified atom stereocenters. The number of nitrogens with zero attached hydrogens (tertiary/aromatic N) is 3. The van der Waals surface area contributed by atoms with E-state index in [-0.39, 0.29) is 0 Å². The lowest BCUT2D eigenvalue weighted by Gasteiger charge is -2.25. The highest BCUT2D eigenvalue weighted by Crippen LogP contribution is 2.24. The fourth-order valence-electron chi connectivity index (χ4n) is 2.92. The van der Waals surface area contributed by atoms with Crippen LogP contribution in [0.4, 0.5) is 5.82 Å². The molecule has 19 heavy (non-hydrogen) atoms. The quantitative estimate of drug-likeness (QED) is 0.893. The second kappa shape index (κ2) is 5.74. The molecule has 2 fully saturated rings. The molecule has 0 radical (unpaired) electrons. The molecule has 5 nitrogen and oxygen atoms in total. The number of nitrogens with one attached hydrogen (secondary N) is 1. The zero-order valence-electron chi connectivity index (χ0n) is 11.5. The topological polar surface area (TPSA) is 50.3 Å². The number of fused-ring (bicyclic) bond motifs is 2. The number of anilines is 1. The lowest BCUT2D eigenvalue weighted by atomic mass is 10.1. The predicted molar refractivity (Wildman–Crippen MR) is 74.6 cm³/mol. The Morgan fingerprint density at radius 3 is 3.11 bits per heavy atom. The van der Waals surface area contributed by atoms with Crippen molar-refractivity contribution in [1.82, 2.24) is 15.3 Å². The molecule has 0 saturated carbocycles. The van der Waals surface area contributed by atoms with Crippen molar-refractivity contribution >= 4 is 5.82 Å². The summed E-state index contributed by atoms with van der Waals surface area (Å²) >= 11 is 0. The number of rotatable bonds is 4. The minimum atomic E-state index is 0.606. The average molecular weight is 262 g/mol. The average Bonchev–Trinajstić information content (AvgIpc) is 2.76. The van der Waals surface area contributed by atoms with Crippen LogP contribution in [0.3, 0.4) is 0 Å². The van der Waals surface area contributed by atoms with Crippen LogP contribution in [0.1, 0.15) is 32.6 Å². The fraction of sp³-hybridized carbons (Fsp3) is 0.714. The van der Waals surface area contributed by atoms with Crippen LogP contribution in [0.15, 0.2) is 12.4 Å². The monoisotopic (exact) mass is 262 g/mol. The van der Waals surface area contributed by atoms with Crippen LogP contribution in [-0.2, 0) is 0 Å². The molecule has 2 saturated heterocycles. The van der Waals surface area contributed by atoms with Gasteiger partial charge in [0.2, 0.25) is 5.88 Å². The van der Waals surface area contributed by atoms with E-state index < -0.39 is 0 Å². The maximum atomic E-state index is 5.56. The molecule has 1 N–H and O–H groups in total. The standard InChI is InChI=1S/C14H22N4O/c1-2-7-19-14-9-15-8-13(17-14)18-6-5-11-3-4-12(10-18)16-11/h8-9,11-12,16H,2-7,10H2,1H3. The van der Waals surface area contributed by atoms with Crippen LogP contribution in [0.2, 0.25) is 0 Å². The molecule has 1 aromatic heterocycles. The molecule has 3 rings (SSSR count). The van der Waals surface area contributed by atoms with Gasteiger partial charge in [0.1, 0.15) is 0 Å². The highest BCUT2D eigenvalue weighted by atomic mass is 16.5. The van der Waals surface area contributed by atoms with Gasteiger partial charge in [-0.25, -0.2) is 0 Å². The summed E-state index contributed by atoms with van der Waals surface area (Å²) in [6.07, 6.45) is 8.32. The Labute approximate surface area is 114 Å². The predicted octanol–water partition coefficient (Wildman–Crippen LogP) is 1.60. The highest BCUT2D eigenvalue weighted by molar-refractivity contribution is 5.38. The summed E-state index contributed by atoms with van der Waals surface area (Å²) in [7, 11) is 0. The summed E-state index contributed by atoms with van der Waals surface area (Å²) in [6.45, 7) is 4.88. The smallest absolute Gasteiger partial charge is 0.234 e. The lowest BCUT2D eigenvalue weighted by molar-refractivity contribution is 0.304. The van der Waals surface area contributed by atoms with Gasteiger partial charge in [-0.3, -0.25) is 4.98 Å². The van der Waals surface area contributed by atoms with Gasteiger partial charge >= 0.3 is 0 Å². The van der Waals surface area contributed by atoms with E-state index in [1.54, 1.807) is 6.20 Å². The summed E-state index contributed by atoms with van der Waals surface area (Å²) in [6, 6.07) is 1.30. The van der Waals surface area contributed by atoms with Crippen LogP contribution in [0.5, 0.6) is 5.88 Å². The largest absolute Gasteiger partial charge is 0.477 e. The summed E-state index contributed by atoms with van der Waals surface area (Å²) in [5, 5.41) is 3.68. The van der Waals surface area contributed by atoms with Gasteiger partial charge in [-0.1, -0.05) is 6.92 Å². The molecule has 2 aliphatic heterocycles. The van der Waals surface area contributed by atoms with Crippen molar-refractivity contribution in [2.24, 2.45) is 0 Å². The Kier molecular flexibility index (Phi) is 3.82. The van der Waals surface area contributed by atoms with E-state index in [4.69, 9.17) is 4.74 Å². The molecule has 2 atom stereocenters. The minimum absolute atomic E-state index is 0.606. The molecule has 0 spiro atoms. The van der Waals surface area contributed by atoms with Gasteiger partial charge in [-0.15, -0.1) is 0 Å². The minimum Gasteiger partial charge on any atom is -0.477 e. The van der Waals surface area contributed by atoms with Gasteiger partial charge < -0.3 is 15.0 Å². The van der Waals surface area contributed by atoms with Crippen LogP contribution >= 0.6 is 0 Å². The highest BCUT2D eigenvalue weighted by Gasteiger charge is 2.29. The first kappa shape index (κ1) is 12.7. The van der Waals surface area contributed by atoms with Gasteiger partial charge in [0.05, 0.1) is 19.0 Å². The van der Waals surface area contributed by atoms with E-state index in [0.717, 1.165) is 25.3 Å². The zero-order valence-corrected chi connectivity index (χ0v) is 11.5. The van der Waals surface area contributed by atoms with E-state index in [9.17, 15) is 0 Å². The first-order valence-electron chi connectivity index (χ1n) is 7.31. The molecule has 0 aromatic carbocycles. The summed E-state index contributed by atoms with van der Waals surface area (Å²) < 4.78 is 5.56. The number of hydrogen-bond acceptors (Lipinski definition) is 5. The second-order valence-electron chi connectivity index (χ2n) is 5.44. The summed E-state index contributed by atoms with van der Waals surface area (Å²) in [5.41, 5.74) is 0. The van der Waals surface area contributed by atoms with Crippen molar-refractivity contribution in [2.75, 3.05) is 24.6 Å². The van der Waals surface area contributed by atoms with Crippen LogP contribution in [-0.4, -0.2) is 41.7 Å². The van der Waals surface area contributed by atoms with E-state index in [1.807, 2.05) is 6.20 Å². The van der Waals surface area contributed by atoms with Crippen molar-refractivity contribution < 1.29 is 4.74 Å². The molecule has 104 valence electrons. The summed E-state index contributed by atoms with van der Waals surface area (Å²) in [5.74, 6) is 1.59. The third kappa shape index (κ3) is 2.97. The van der Waals surface area contributed by atoms with Gasteiger partial charge in [-0.05, 0) is 25.7 Å². The van der Waals surface area contributed by atoms with Crippen molar-refractivity contribution in [1.29, 1.82) is 0 Å². The Balaban J connectivity index is 1.70. The Morgan fingerprint density at radius 2 is 2.21 bits per heavy atom. The summed E-state index contributed by atoms with van der Waals surface area (Å²) in [4.78, 5) is 11.2. The van der Waals surface area contributed by atoms with Crippen molar-refractivity contribution in [3.63, 3.8) is 0 Å². The van der Waals surface area contributed by atoms with E-state index >= 15 is 0 Å². The zero-order chi connectivity index (χ0) is 13.1. The van der Waals surface area contributed by atoms with Gasteiger partial charge in [0, 0.05) is 25.2 Å². The molecular weight excluding hydrogens is 240 g/mol. The van der Waals surface area contributed by atoms with Crippen LogP contribution in [0.25, 0.3) is 0 Å². The molecule has 3 heterocycles. The second-order valence-corrected chi connectivity index (χ2v) is 5.44. The normalized spacial score (nSPS) is 26.3. The van der Waals surface area contributed by atoms with Crippen molar-refractivity contribution in [3.05, 3.63) is 12.4 Å². The van der Waals surface area contributed by atoms with Crippen molar-refractivity contribution in [3.8, 4) is 5.88 Å². The van der Waals surface area contributed by atoms with Crippen LogP contribution < -0.4 is 15.0 Å². The molecule has 5 heteroatoms. The molecule has 0 aliphatic carbocycles. The van der Waals surface area contributed by atoms with Gasteiger partial charge in [0.15, 0.2) is 5.82 Å². The molecule has 0 amide bonds. The third-order valence-electron chi connectivity index (χ3n) is 3.90. The molecular formula is C14H22N4O. The van der Waals surface area contributed by atoms with Crippen LogP contribution in [0, 0.1) is 0 Å².